The van der Waals surface area contributed by atoms with Gasteiger partial charge < -0.3 is 4.57 Å². The minimum Gasteiger partial charge on any atom is -0.319 e. The second-order valence-electron chi connectivity index (χ2n) is 5.61. The molecule has 0 atom stereocenters. The van der Waals surface area contributed by atoms with Crippen LogP contribution < -0.4 is 10.4 Å². The molecular weight excluding hydrogens is 336 g/mol. The van der Waals surface area contributed by atoms with Crippen molar-refractivity contribution < 1.29 is 4.79 Å². The Morgan fingerprint density at radius 3 is 2.76 bits per heavy atom. The lowest BCUT2D eigenvalue weighted by atomic mass is 10.2. The molecule has 2 aromatic carbocycles. The van der Waals surface area contributed by atoms with Gasteiger partial charge >= 0.3 is 0 Å². The molecule has 7 heteroatoms. The molecular formula is C18H14N4O2S. The fraction of sp³-hybridized carbons (Fsp3) is 0.111. The van der Waals surface area contributed by atoms with Crippen molar-refractivity contribution in [3.05, 3.63) is 70.0 Å². The molecule has 0 unspecified atom stereocenters. The number of benzene rings is 2. The highest BCUT2D eigenvalue weighted by atomic mass is 32.1. The van der Waals surface area contributed by atoms with Crippen LogP contribution >= 0.6 is 11.3 Å². The van der Waals surface area contributed by atoms with Gasteiger partial charge in [0.05, 0.1) is 27.4 Å². The van der Waals surface area contributed by atoms with Crippen LogP contribution in [0.2, 0.25) is 0 Å². The summed E-state index contributed by atoms with van der Waals surface area (Å²) < 4.78 is 4.22. The highest BCUT2D eigenvalue weighted by Crippen LogP contribution is 2.15. The van der Waals surface area contributed by atoms with E-state index < -0.39 is 0 Å². The van der Waals surface area contributed by atoms with Gasteiger partial charge in [0, 0.05) is 7.05 Å². The Kier molecular flexibility index (Phi) is 3.77. The zero-order valence-corrected chi connectivity index (χ0v) is 14.2. The normalized spacial score (nSPS) is 12.1. The van der Waals surface area contributed by atoms with Gasteiger partial charge in [-0.2, -0.15) is 4.99 Å². The fourth-order valence-electron chi connectivity index (χ4n) is 2.69. The van der Waals surface area contributed by atoms with Gasteiger partial charge in [-0.15, -0.1) is 0 Å². The molecule has 4 rings (SSSR count). The van der Waals surface area contributed by atoms with Crippen LogP contribution in [-0.4, -0.2) is 20.0 Å². The molecule has 0 saturated heterocycles. The topological polar surface area (TPSA) is 69.2 Å². The van der Waals surface area contributed by atoms with Gasteiger partial charge in [-0.3, -0.25) is 14.2 Å². The van der Waals surface area contributed by atoms with Crippen LogP contribution in [0.3, 0.4) is 0 Å². The third-order valence-electron chi connectivity index (χ3n) is 3.97. The molecule has 0 aliphatic carbocycles. The van der Waals surface area contributed by atoms with E-state index in [0.717, 1.165) is 10.2 Å². The van der Waals surface area contributed by atoms with Gasteiger partial charge in [0.25, 0.3) is 11.5 Å². The molecule has 0 aliphatic rings. The van der Waals surface area contributed by atoms with E-state index in [1.807, 2.05) is 41.9 Å². The van der Waals surface area contributed by atoms with E-state index in [1.54, 1.807) is 18.2 Å². The lowest BCUT2D eigenvalue weighted by Gasteiger charge is -2.03. The minimum atomic E-state index is -0.388. The van der Waals surface area contributed by atoms with Gasteiger partial charge in [-0.1, -0.05) is 35.6 Å². The van der Waals surface area contributed by atoms with Crippen LogP contribution in [0.5, 0.6) is 0 Å². The third-order valence-corrected chi connectivity index (χ3v) is 5.09. The molecule has 6 nitrogen and oxygen atoms in total. The average molecular weight is 350 g/mol. The van der Waals surface area contributed by atoms with E-state index in [4.69, 9.17) is 0 Å². The fourth-order valence-corrected chi connectivity index (χ4v) is 3.73. The predicted molar refractivity (Wildman–Crippen MR) is 97.4 cm³/mol. The van der Waals surface area contributed by atoms with Crippen molar-refractivity contribution in [3.8, 4) is 0 Å². The number of aryl methyl sites for hydroxylation is 1. The van der Waals surface area contributed by atoms with Gasteiger partial charge in [-0.05, 0) is 24.3 Å². The quantitative estimate of drug-likeness (QED) is 0.556. The number of carbonyl (C=O) groups is 1. The minimum absolute atomic E-state index is 0.134. The molecule has 4 aromatic rings. The molecule has 2 aromatic heterocycles. The monoisotopic (exact) mass is 350 g/mol. The third kappa shape index (κ3) is 2.78. The number of nitrogens with zero attached hydrogens (tertiary/aromatic N) is 4. The first-order chi connectivity index (χ1) is 12.1. The summed E-state index contributed by atoms with van der Waals surface area (Å²) in [4.78, 5) is 33.8. The second-order valence-corrected chi connectivity index (χ2v) is 6.62. The SMILES string of the molecule is Cn1c(=NC(=O)Cn2cnc3ccccc3c2=O)sc2ccccc21. The molecule has 0 fully saturated rings. The molecule has 2 heterocycles. The van der Waals surface area contributed by atoms with Crippen molar-refractivity contribution in [3.63, 3.8) is 0 Å². The van der Waals surface area contributed by atoms with E-state index in [0.29, 0.717) is 15.7 Å². The number of thiazole rings is 1. The Hall–Kier alpha value is -3.06. The van der Waals surface area contributed by atoms with Gasteiger partial charge in [0.1, 0.15) is 6.54 Å². The van der Waals surface area contributed by atoms with E-state index in [9.17, 15) is 9.59 Å². The number of hydrogen-bond donors (Lipinski definition) is 0. The Labute approximate surface area is 146 Å². The summed E-state index contributed by atoms with van der Waals surface area (Å²) >= 11 is 1.44. The number of fused-ring (bicyclic) bond motifs is 2. The Morgan fingerprint density at radius 1 is 1.16 bits per heavy atom. The Bertz CT molecular complexity index is 1230. The van der Waals surface area contributed by atoms with Gasteiger partial charge in [-0.25, -0.2) is 4.98 Å². The van der Waals surface area contributed by atoms with E-state index >= 15 is 0 Å². The van der Waals surface area contributed by atoms with Crippen LogP contribution in [0.15, 0.2) is 64.6 Å². The number of aromatic nitrogens is 3. The molecule has 0 spiro atoms. The molecule has 124 valence electrons. The Balaban J connectivity index is 1.71. The van der Waals surface area contributed by atoms with Crippen LogP contribution in [0, 0.1) is 0 Å². The number of rotatable bonds is 2. The zero-order chi connectivity index (χ0) is 17.4. The lowest BCUT2D eigenvalue weighted by Crippen LogP contribution is -2.25. The molecule has 0 bridgehead atoms. The van der Waals surface area contributed by atoms with Gasteiger partial charge in [0.15, 0.2) is 4.80 Å². The van der Waals surface area contributed by atoms with E-state index in [1.165, 1.54) is 22.2 Å². The number of amides is 1. The summed E-state index contributed by atoms with van der Waals surface area (Å²) in [5.41, 5.74) is 1.39. The van der Waals surface area contributed by atoms with E-state index in [-0.39, 0.29) is 18.0 Å². The molecule has 0 radical (unpaired) electrons. The van der Waals surface area contributed by atoms with Crippen molar-refractivity contribution in [1.82, 2.24) is 14.1 Å². The first-order valence-electron chi connectivity index (χ1n) is 7.70. The molecule has 0 saturated carbocycles. The average Bonchev–Trinajstić information content (AvgIpc) is 2.94. The van der Waals surface area contributed by atoms with E-state index in [2.05, 4.69) is 9.98 Å². The standard InChI is InChI=1S/C18H14N4O2S/c1-21-14-8-4-5-9-15(14)25-18(21)20-16(23)10-22-11-19-13-7-3-2-6-12(13)17(22)24/h2-9,11H,10H2,1H3. The first-order valence-corrected chi connectivity index (χ1v) is 8.51. The first kappa shape index (κ1) is 15.5. The summed E-state index contributed by atoms with van der Waals surface area (Å²) in [6.07, 6.45) is 1.39. The maximum Gasteiger partial charge on any atom is 0.268 e. The van der Waals surface area contributed by atoms with Crippen molar-refractivity contribution in [2.45, 2.75) is 6.54 Å². The van der Waals surface area contributed by atoms with Crippen LogP contribution in [0.4, 0.5) is 0 Å². The van der Waals surface area contributed by atoms with Crippen molar-refractivity contribution in [2.24, 2.45) is 12.0 Å². The molecule has 0 N–H and O–H groups in total. The summed E-state index contributed by atoms with van der Waals surface area (Å²) in [5, 5.41) is 0.491. The predicted octanol–water partition coefficient (Wildman–Crippen LogP) is 2.08. The number of hydrogen-bond acceptors (Lipinski definition) is 4. The maximum atomic E-state index is 12.5. The number of carbonyl (C=O) groups excluding carboxylic acids is 1. The highest BCUT2D eigenvalue weighted by molar-refractivity contribution is 7.16. The smallest absolute Gasteiger partial charge is 0.268 e. The molecule has 25 heavy (non-hydrogen) atoms. The van der Waals surface area contributed by atoms with Crippen LogP contribution in [0.1, 0.15) is 0 Å². The number of para-hydroxylation sites is 2. The van der Waals surface area contributed by atoms with Crippen molar-refractivity contribution >= 4 is 38.4 Å². The van der Waals surface area contributed by atoms with Gasteiger partial charge in [0.2, 0.25) is 0 Å². The highest BCUT2D eigenvalue weighted by Gasteiger charge is 2.08. The Morgan fingerprint density at radius 2 is 1.92 bits per heavy atom. The summed E-state index contributed by atoms with van der Waals surface area (Å²) in [7, 11) is 1.87. The zero-order valence-electron chi connectivity index (χ0n) is 13.4. The van der Waals surface area contributed by atoms with Crippen LogP contribution in [0.25, 0.3) is 21.1 Å². The lowest BCUT2D eigenvalue weighted by molar-refractivity contribution is -0.118. The summed E-state index contributed by atoms with van der Waals surface area (Å²) in [6, 6.07) is 14.9. The largest absolute Gasteiger partial charge is 0.319 e. The van der Waals surface area contributed by atoms with Crippen molar-refractivity contribution in [1.29, 1.82) is 0 Å². The van der Waals surface area contributed by atoms with Crippen molar-refractivity contribution in [2.75, 3.05) is 0 Å². The summed E-state index contributed by atoms with van der Waals surface area (Å²) in [5.74, 6) is -0.388. The summed E-state index contributed by atoms with van der Waals surface area (Å²) in [6.45, 7) is -0.134. The second kappa shape index (κ2) is 6.10. The maximum absolute atomic E-state index is 12.5. The molecule has 0 aliphatic heterocycles. The van der Waals surface area contributed by atoms with Crippen LogP contribution in [-0.2, 0) is 18.4 Å². The molecule has 1 amide bonds.